The van der Waals surface area contributed by atoms with Gasteiger partial charge in [0.15, 0.2) is 0 Å². The van der Waals surface area contributed by atoms with Gasteiger partial charge in [-0.05, 0) is 50.8 Å². The fraction of sp³-hybridized carbons (Fsp3) is 0.133. The van der Waals surface area contributed by atoms with E-state index in [1.54, 1.807) is 11.4 Å². The zero-order chi connectivity index (χ0) is 13.6. The number of rotatable bonds is 1. The summed E-state index contributed by atoms with van der Waals surface area (Å²) >= 11 is 0. The molecule has 0 spiro atoms. The highest BCUT2D eigenvalue weighted by atomic mass is 35.7. The van der Waals surface area contributed by atoms with Crippen molar-refractivity contribution >= 4 is 26.0 Å². The van der Waals surface area contributed by atoms with E-state index in [9.17, 15) is 4.79 Å². The molecule has 1 unspecified atom stereocenters. The number of fused-ring (bicyclic) bond motifs is 1. The van der Waals surface area contributed by atoms with E-state index in [1.165, 1.54) is 0 Å². The molecule has 0 aromatic heterocycles. The van der Waals surface area contributed by atoms with Gasteiger partial charge in [0.05, 0.1) is 5.56 Å². The largest absolute Gasteiger partial charge is 0.284 e. The van der Waals surface area contributed by atoms with Gasteiger partial charge in [0.25, 0.3) is 5.91 Å². The number of hydrogen-bond donors (Lipinski definition) is 0. The van der Waals surface area contributed by atoms with Gasteiger partial charge in [-0.3, -0.25) is 9.10 Å². The molecular weight excluding hydrogens is 278 g/mol. The molecule has 98 valence electrons. The Morgan fingerprint density at radius 3 is 2.26 bits per heavy atom. The first-order chi connectivity index (χ1) is 9.06. The second-order valence-corrected chi connectivity index (χ2v) is 8.36. The van der Waals surface area contributed by atoms with Crippen molar-refractivity contribution in [1.29, 1.82) is 0 Å². The summed E-state index contributed by atoms with van der Waals surface area (Å²) in [7, 11) is 6.81. The van der Waals surface area contributed by atoms with Crippen molar-refractivity contribution in [2.75, 3.05) is 7.05 Å². The zero-order valence-electron chi connectivity index (χ0n) is 10.8. The van der Waals surface area contributed by atoms with E-state index in [4.69, 9.17) is 10.7 Å². The summed E-state index contributed by atoms with van der Waals surface area (Å²) in [5.74, 6) is 0.00357. The molecule has 0 saturated heterocycles. The van der Waals surface area contributed by atoms with Crippen LogP contribution < -0.4 is 0 Å². The quantitative estimate of drug-likeness (QED) is 0.764. The van der Waals surface area contributed by atoms with Crippen LogP contribution in [0, 0.1) is 6.92 Å². The Balaban J connectivity index is 2.30. The van der Waals surface area contributed by atoms with E-state index in [0.717, 1.165) is 20.9 Å². The van der Waals surface area contributed by atoms with E-state index in [2.05, 4.69) is 0 Å². The highest BCUT2D eigenvalue weighted by Crippen LogP contribution is 2.73. The summed E-state index contributed by atoms with van der Waals surface area (Å²) in [5, 5.41) is 0. The van der Waals surface area contributed by atoms with Gasteiger partial charge >= 0.3 is 0 Å². The van der Waals surface area contributed by atoms with Crippen LogP contribution in [0.4, 0.5) is 0 Å². The van der Waals surface area contributed by atoms with Crippen LogP contribution in [-0.2, 0) is 0 Å². The van der Waals surface area contributed by atoms with Crippen LogP contribution in [0.2, 0.25) is 0 Å². The monoisotopic (exact) mass is 291 g/mol. The maximum atomic E-state index is 12.4. The minimum atomic E-state index is -1.94. The lowest BCUT2D eigenvalue weighted by Gasteiger charge is -2.37. The Morgan fingerprint density at radius 1 is 1.00 bits per heavy atom. The molecule has 3 rings (SSSR count). The minimum absolute atomic E-state index is 0.00357. The Hall–Kier alpha value is -1.45. The van der Waals surface area contributed by atoms with Crippen molar-refractivity contribution < 1.29 is 4.79 Å². The van der Waals surface area contributed by atoms with E-state index in [-0.39, 0.29) is 5.91 Å². The molecule has 2 aromatic rings. The van der Waals surface area contributed by atoms with Crippen LogP contribution in [-0.4, -0.2) is 17.3 Å². The van der Waals surface area contributed by atoms with E-state index < -0.39 is 9.43 Å². The lowest BCUT2D eigenvalue weighted by Crippen LogP contribution is -2.20. The molecule has 0 fully saturated rings. The van der Waals surface area contributed by atoms with Gasteiger partial charge in [-0.25, -0.2) is 0 Å². The number of hydrogen-bond acceptors (Lipinski definition) is 1. The number of halogens is 1. The summed E-state index contributed by atoms with van der Waals surface area (Å²) in [6, 6.07) is 15.6. The van der Waals surface area contributed by atoms with Gasteiger partial charge in [0.2, 0.25) is 0 Å². The highest BCUT2D eigenvalue weighted by molar-refractivity contribution is 8.50. The number of carbonyl (C=O) groups is 1. The lowest BCUT2D eigenvalue weighted by molar-refractivity contribution is 0.0896. The molecule has 2 nitrogen and oxygen atoms in total. The van der Waals surface area contributed by atoms with Crippen molar-refractivity contribution in [2.24, 2.45) is 0 Å². The third kappa shape index (κ3) is 1.62. The van der Waals surface area contributed by atoms with Crippen molar-refractivity contribution in [3.63, 3.8) is 0 Å². The van der Waals surface area contributed by atoms with E-state index in [1.807, 2.05) is 55.5 Å². The molecule has 0 N–H and O–H groups in total. The van der Waals surface area contributed by atoms with Gasteiger partial charge < -0.3 is 0 Å². The highest BCUT2D eigenvalue weighted by Gasteiger charge is 2.44. The first-order valence-corrected chi connectivity index (χ1v) is 8.44. The topological polar surface area (TPSA) is 20.3 Å². The molecule has 0 radical (unpaired) electrons. The normalized spacial score (nSPS) is 25.0. The number of carbonyl (C=O) groups excluding carboxylic acids is 1. The molecule has 0 bridgehead atoms. The van der Waals surface area contributed by atoms with E-state index >= 15 is 0 Å². The van der Waals surface area contributed by atoms with Crippen LogP contribution in [0.25, 0.3) is 0 Å². The van der Waals surface area contributed by atoms with Gasteiger partial charge in [-0.2, -0.15) is 0 Å². The summed E-state index contributed by atoms with van der Waals surface area (Å²) < 4.78 is 1.70. The number of benzene rings is 2. The second kappa shape index (κ2) is 4.29. The number of aryl methyl sites for hydroxylation is 1. The minimum Gasteiger partial charge on any atom is -0.284 e. The molecule has 2 aromatic carbocycles. The standard InChI is InChI=1S/C15H14ClNOS/c1-11-7-3-5-9-13(11)19(16)14-10-6-4-8-12(14)15(18)17(19)2/h3-10H,1-2H3. The smallest absolute Gasteiger partial charge is 0.264 e. The predicted octanol–water partition coefficient (Wildman–Crippen LogP) is 4.37. The Labute approximate surface area is 119 Å². The fourth-order valence-corrected chi connectivity index (χ4v) is 6.16. The zero-order valence-corrected chi connectivity index (χ0v) is 12.3. The van der Waals surface area contributed by atoms with Crippen molar-refractivity contribution in [3.05, 3.63) is 59.7 Å². The third-order valence-corrected chi connectivity index (χ3v) is 7.98. The molecule has 4 heteroatoms. The van der Waals surface area contributed by atoms with Gasteiger partial charge in [-0.15, -0.1) is 0 Å². The summed E-state index contributed by atoms with van der Waals surface area (Å²) in [6.45, 7) is 2.03. The summed E-state index contributed by atoms with van der Waals surface area (Å²) in [6.07, 6.45) is 0. The first kappa shape index (κ1) is 12.6. The fourth-order valence-electron chi connectivity index (χ4n) is 2.44. The molecule has 1 aliphatic rings. The maximum Gasteiger partial charge on any atom is 0.264 e. The van der Waals surface area contributed by atoms with Crippen molar-refractivity contribution in [2.45, 2.75) is 16.7 Å². The Kier molecular flexibility index (Phi) is 2.84. The van der Waals surface area contributed by atoms with Gasteiger partial charge in [0, 0.05) is 16.8 Å². The van der Waals surface area contributed by atoms with Gasteiger partial charge in [-0.1, -0.05) is 30.3 Å². The average molecular weight is 292 g/mol. The molecule has 1 aliphatic heterocycles. The molecule has 0 aliphatic carbocycles. The average Bonchev–Trinajstić information content (AvgIpc) is 2.63. The van der Waals surface area contributed by atoms with Crippen LogP contribution in [0.3, 0.4) is 0 Å². The number of amides is 1. The molecule has 0 saturated carbocycles. The molecule has 1 atom stereocenters. The second-order valence-electron chi connectivity index (χ2n) is 4.57. The maximum absolute atomic E-state index is 12.4. The third-order valence-electron chi connectivity index (χ3n) is 3.46. The SMILES string of the molecule is Cc1ccccc1S1(Cl)c2ccccc2C(=O)N1C. The van der Waals surface area contributed by atoms with Crippen LogP contribution in [0.1, 0.15) is 15.9 Å². The summed E-state index contributed by atoms with van der Waals surface area (Å²) in [5.41, 5.74) is 1.84. The summed E-state index contributed by atoms with van der Waals surface area (Å²) in [4.78, 5) is 14.3. The van der Waals surface area contributed by atoms with E-state index in [0.29, 0.717) is 0 Å². The van der Waals surface area contributed by atoms with Crippen molar-refractivity contribution in [1.82, 2.24) is 4.31 Å². The number of nitrogens with zero attached hydrogens (tertiary/aromatic N) is 1. The Morgan fingerprint density at radius 2 is 1.58 bits per heavy atom. The Bertz CT molecular complexity index is 673. The van der Waals surface area contributed by atoms with Gasteiger partial charge in [0.1, 0.15) is 0 Å². The molecule has 1 heterocycles. The molecule has 19 heavy (non-hydrogen) atoms. The van der Waals surface area contributed by atoms with Crippen LogP contribution in [0.15, 0.2) is 58.3 Å². The molecule has 1 amide bonds. The molecular formula is C15H14ClNOS. The van der Waals surface area contributed by atoms with Crippen LogP contribution in [0.5, 0.6) is 0 Å². The first-order valence-electron chi connectivity index (χ1n) is 6.02. The van der Waals surface area contributed by atoms with Crippen LogP contribution >= 0.6 is 20.1 Å². The van der Waals surface area contributed by atoms with Crippen molar-refractivity contribution in [3.8, 4) is 0 Å². The lowest BCUT2D eigenvalue weighted by atomic mass is 10.2. The predicted molar refractivity (Wildman–Crippen MR) is 79.7 cm³/mol.